The highest BCUT2D eigenvalue weighted by Gasteiger charge is 2.75. The zero-order valence-corrected chi connectivity index (χ0v) is 25.9. The van der Waals surface area contributed by atoms with Gasteiger partial charge in [-0.05, 0) is 55.4 Å². The average Bonchev–Trinajstić information content (AvgIpc) is 3.41. The third-order valence-electron chi connectivity index (χ3n) is 10.9. The lowest BCUT2D eigenvalue weighted by Crippen LogP contribution is -2.63. The predicted octanol–water partition coefficient (Wildman–Crippen LogP) is 4.81. The molecule has 0 spiro atoms. The maximum Gasteiger partial charge on any atom is 0.306 e. The van der Waals surface area contributed by atoms with Gasteiger partial charge in [-0.15, -0.1) is 0 Å². The monoisotopic (exact) mass is 583 g/mol. The Morgan fingerprint density at radius 3 is 2.71 bits per heavy atom. The minimum atomic E-state index is -1.30. The first kappa shape index (κ1) is 31.1. The van der Waals surface area contributed by atoms with E-state index < -0.39 is 42.1 Å². The summed E-state index contributed by atoms with van der Waals surface area (Å²) in [5.41, 5.74) is 0.0733. The molecule has 0 radical (unpaired) electrons. The molecule has 9 atom stereocenters. The van der Waals surface area contributed by atoms with Gasteiger partial charge >= 0.3 is 5.97 Å². The molecule has 2 N–H and O–H groups in total. The molecule has 1 amide bonds. The molecule has 1 heterocycles. The first-order chi connectivity index (χ1) is 19.9. The van der Waals surface area contributed by atoms with Crippen LogP contribution in [0.25, 0.3) is 0 Å². The van der Waals surface area contributed by atoms with E-state index in [9.17, 15) is 19.5 Å². The van der Waals surface area contributed by atoms with Crippen molar-refractivity contribution in [2.75, 3.05) is 13.2 Å². The van der Waals surface area contributed by atoms with E-state index in [1.54, 1.807) is 0 Å². The number of ketones is 1. The fourth-order valence-electron chi connectivity index (χ4n) is 9.03. The second-order valence-electron chi connectivity index (χ2n) is 14.1. The predicted molar refractivity (Wildman–Crippen MR) is 158 cm³/mol. The summed E-state index contributed by atoms with van der Waals surface area (Å²) >= 11 is 0. The average molecular weight is 584 g/mol. The summed E-state index contributed by atoms with van der Waals surface area (Å²) in [4.78, 5) is 38.8. The second kappa shape index (κ2) is 11.7. The van der Waals surface area contributed by atoms with E-state index in [-0.39, 0.29) is 47.7 Å². The number of nitrogens with one attached hydrogen (secondary N) is 1. The van der Waals surface area contributed by atoms with Crippen LogP contribution in [0, 0.1) is 34.5 Å². The van der Waals surface area contributed by atoms with E-state index in [1.807, 2.05) is 20.8 Å². The normalized spacial score (nSPS) is 40.1. The maximum atomic E-state index is 14.2. The summed E-state index contributed by atoms with van der Waals surface area (Å²) in [6.45, 7) is 14.6. The van der Waals surface area contributed by atoms with E-state index in [1.165, 1.54) is 5.57 Å². The van der Waals surface area contributed by atoms with Gasteiger partial charge in [-0.1, -0.05) is 71.4 Å². The molecular formula is C34H49NO7. The lowest BCUT2D eigenvalue weighted by Gasteiger charge is -2.59. The van der Waals surface area contributed by atoms with Crippen LogP contribution in [0.1, 0.15) is 86.0 Å². The number of esters is 1. The first-order valence-electron chi connectivity index (χ1n) is 15.9. The lowest BCUT2D eigenvalue weighted by molar-refractivity contribution is -0.201. The van der Waals surface area contributed by atoms with E-state index >= 15 is 0 Å². The Morgan fingerprint density at radius 2 is 2.00 bits per heavy atom. The number of carbonyl (C=O) groups is 3. The fraction of sp³-hybridized carbons (Fsp3) is 0.735. The summed E-state index contributed by atoms with van der Waals surface area (Å²) in [6.07, 6.45) is 9.19. The Morgan fingerprint density at radius 1 is 1.24 bits per heavy atom. The Bertz CT molecular complexity index is 1170. The van der Waals surface area contributed by atoms with E-state index in [0.29, 0.717) is 31.7 Å². The Hall–Kier alpha value is -2.29. The van der Waals surface area contributed by atoms with Gasteiger partial charge in [0.2, 0.25) is 11.7 Å². The van der Waals surface area contributed by atoms with Crippen LogP contribution in [-0.2, 0) is 28.6 Å². The molecule has 0 aromatic carbocycles. The van der Waals surface area contributed by atoms with Crippen LogP contribution < -0.4 is 5.32 Å². The third-order valence-corrected chi connectivity index (χ3v) is 10.9. The minimum Gasteiger partial charge on any atom is -0.458 e. The molecule has 3 saturated carbocycles. The SMILES string of the molecule is C=C1C=C[C@@]2(C)C(=C1)CC[C@@H]1[C@@H]2[C@@H](O)C[C@@]2(C)[C@H]1C[C@H]1OC(CCC)O[C@]12C(=O)COC(=O)CCC(=O)NCC(C)C. The number of amides is 1. The smallest absolute Gasteiger partial charge is 0.306 e. The molecule has 4 fully saturated rings. The zero-order valence-electron chi connectivity index (χ0n) is 25.9. The summed E-state index contributed by atoms with van der Waals surface area (Å²) < 4.78 is 18.5. The summed E-state index contributed by atoms with van der Waals surface area (Å²) in [5.74, 6) is -0.471. The number of rotatable bonds is 10. The molecule has 5 aliphatic rings. The number of carbonyl (C=O) groups excluding carboxylic acids is 3. The van der Waals surface area contributed by atoms with Gasteiger partial charge in [0.25, 0.3) is 0 Å². The topological polar surface area (TPSA) is 111 Å². The number of Topliss-reactive ketones (excluding diaryl/α,β-unsaturated/α-hetero) is 1. The Balaban J connectivity index is 1.35. The van der Waals surface area contributed by atoms with E-state index in [4.69, 9.17) is 14.2 Å². The van der Waals surface area contributed by atoms with Crippen molar-refractivity contribution >= 4 is 17.7 Å². The van der Waals surface area contributed by atoms with Crippen molar-refractivity contribution < 1.29 is 33.7 Å². The van der Waals surface area contributed by atoms with Crippen LogP contribution >= 0.6 is 0 Å². The number of ether oxygens (including phenoxy) is 3. The van der Waals surface area contributed by atoms with E-state index in [0.717, 1.165) is 24.8 Å². The largest absolute Gasteiger partial charge is 0.458 e. The molecule has 5 rings (SSSR count). The van der Waals surface area contributed by atoms with Gasteiger partial charge in [-0.25, -0.2) is 0 Å². The molecule has 8 heteroatoms. The van der Waals surface area contributed by atoms with Crippen molar-refractivity contribution in [2.45, 2.75) is 110 Å². The van der Waals surface area contributed by atoms with Crippen LogP contribution in [0.4, 0.5) is 0 Å². The van der Waals surface area contributed by atoms with Gasteiger partial charge in [0.1, 0.15) is 0 Å². The number of fused-ring (bicyclic) bond motifs is 7. The number of hydrogen-bond donors (Lipinski definition) is 2. The number of allylic oxidation sites excluding steroid dienone is 5. The third kappa shape index (κ3) is 5.11. The molecule has 232 valence electrons. The summed E-state index contributed by atoms with van der Waals surface area (Å²) in [7, 11) is 0. The lowest BCUT2D eigenvalue weighted by atomic mass is 9.46. The zero-order chi connectivity index (χ0) is 30.4. The highest BCUT2D eigenvalue weighted by Crippen LogP contribution is 2.69. The quantitative estimate of drug-likeness (QED) is 0.355. The van der Waals surface area contributed by atoms with Gasteiger partial charge in [-0.3, -0.25) is 14.4 Å². The first-order valence-corrected chi connectivity index (χ1v) is 15.9. The van der Waals surface area contributed by atoms with Gasteiger partial charge in [0, 0.05) is 29.7 Å². The van der Waals surface area contributed by atoms with Crippen molar-refractivity contribution in [1.82, 2.24) is 5.32 Å². The van der Waals surface area contributed by atoms with Gasteiger partial charge in [-0.2, -0.15) is 0 Å². The Kier molecular flexibility index (Phi) is 8.65. The number of aliphatic hydroxyl groups is 1. The van der Waals surface area contributed by atoms with Crippen molar-refractivity contribution in [3.05, 3.63) is 36.0 Å². The molecule has 1 aliphatic heterocycles. The fourth-order valence-corrected chi connectivity index (χ4v) is 9.03. The Labute approximate surface area is 250 Å². The van der Waals surface area contributed by atoms with Crippen LogP contribution in [0.2, 0.25) is 0 Å². The molecule has 1 saturated heterocycles. The number of aliphatic hydroxyl groups excluding tert-OH is 1. The minimum absolute atomic E-state index is 0.0116. The van der Waals surface area contributed by atoms with Crippen molar-refractivity contribution in [1.29, 1.82) is 0 Å². The molecule has 42 heavy (non-hydrogen) atoms. The van der Waals surface area contributed by atoms with Crippen LogP contribution in [0.15, 0.2) is 36.0 Å². The van der Waals surface area contributed by atoms with Gasteiger partial charge in [0.15, 0.2) is 18.5 Å². The summed E-state index contributed by atoms with van der Waals surface area (Å²) in [5, 5.41) is 14.7. The van der Waals surface area contributed by atoms with Gasteiger partial charge in [0.05, 0.1) is 18.6 Å². The molecule has 0 aromatic heterocycles. The molecule has 1 unspecified atom stereocenters. The molecule has 0 bridgehead atoms. The van der Waals surface area contributed by atoms with E-state index in [2.05, 4.69) is 44.0 Å². The number of hydrogen-bond acceptors (Lipinski definition) is 7. The van der Waals surface area contributed by atoms with Crippen molar-refractivity contribution in [3.63, 3.8) is 0 Å². The maximum absolute atomic E-state index is 14.2. The second-order valence-corrected chi connectivity index (χ2v) is 14.1. The molecular weight excluding hydrogens is 534 g/mol. The van der Waals surface area contributed by atoms with Crippen molar-refractivity contribution in [3.8, 4) is 0 Å². The highest BCUT2D eigenvalue weighted by atomic mass is 16.7. The standard InChI is InChI=1S/C34H49NO7/c1-7-8-30-41-27-16-24-23-10-9-22-15-21(4)13-14-32(22,5)31(23)25(36)17-33(24,6)34(27,42-30)26(37)19-40-29(39)12-11-28(38)35-18-20(2)3/h13-15,20,23-25,27,30-31,36H,4,7-12,16-19H2,1-3,5-6H3,(H,35,38)/t23-,24-,25-,27+,30?,31+,32-,33-,34+/m0/s1. The molecule has 4 aliphatic carbocycles. The van der Waals surface area contributed by atoms with Crippen molar-refractivity contribution in [2.24, 2.45) is 34.5 Å². The van der Waals surface area contributed by atoms with Crippen LogP contribution in [0.5, 0.6) is 0 Å². The van der Waals surface area contributed by atoms with Gasteiger partial charge < -0.3 is 24.6 Å². The van der Waals surface area contributed by atoms with Crippen LogP contribution in [-0.4, -0.2) is 60.0 Å². The molecule has 8 nitrogen and oxygen atoms in total. The summed E-state index contributed by atoms with van der Waals surface area (Å²) in [6, 6.07) is 0. The van der Waals surface area contributed by atoms with Crippen LogP contribution in [0.3, 0.4) is 0 Å². The highest BCUT2D eigenvalue weighted by molar-refractivity contribution is 5.92. The molecule has 0 aromatic rings.